The fourth-order valence-corrected chi connectivity index (χ4v) is 3.29. The highest BCUT2D eigenvalue weighted by molar-refractivity contribution is 5.97. The number of rotatable bonds is 5. The molecule has 0 N–H and O–H groups in total. The van der Waals surface area contributed by atoms with Crippen LogP contribution in [0.4, 0.5) is 4.39 Å². The van der Waals surface area contributed by atoms with Gasteiger partial charge in [-0.3, -0.25) is 14.5 Å². The van der Waals surface area contributed by atoms with Crippen molar-refractivity contribution in [1.82, 2.24) is 9.80 Å². The molecule has 0 bridgehead atoms. The second-order valence-corrected chi connectivity index (χ2v) is 6.68. The SMILES string of the molecule is CN1CCN(C(=O)CCC(=O)c2ccc(F)cc2)CC1c1ccccc1. The summed E-state index contributed by atoms with van der Waals surface area (Å²) in [5.41, 5.74) is 1.63. The monoisotopic (exact) mass is 354 g/mol. The molecule has 1 atom stereocenters. The van der Waals surface area contributed by atoms with Crippen LogP contribution in [0.2, 0.25) is 0 Å². The standard InChI is InChI=1S/C21H23FN2O2/c1-23-13-14-24(15-19(23)16-5-3-2-4-6-16)21(26)12-11-20(25)17-7-9-18(22)10-8-17/h2-10,19H,11-15H2,1H3. The molecule has 26 heavy (non-hydrogen) atoms. The fourth-order valence-electron chi connectivity index (χ4n) is 3.29. The Morgan fingerprint density at radius 2 is 1.69 bits per heavy atom. The van der Waals surface area contributed by atoms with Crippen molar-refractivity contribution < 1.29 is 14.0 Å². The predicted molar refractivity (Wildman–Crippen MR) is 98.4 cm³/mol. The molecule has 1 aliphatic heterocycles. The Hall–Kier alpha value is -2.53. The highest BCUT2D eigenvalue weighted by atomic mass is 19.1. The van der Waals surface area contributed by atoms with Crippen LogP contribution in [0, 0.1) is 5.82 Å². The zero-order chi connectivity index (χ0) is 18.5. The molecule has 1 amide bonds. The number of nitrogens with zero attached hydrogens (tertiary/aromatic N) is 2. The number of benzene rings is 2. The van der Waals surface area contributed by atoms with Gasteiger partial charge in [0.1, 0.15) is 5.82 Å². The van der Waals surface area contributed by atoms with Gasteiger partial charge in [-0.2, -0.15) is 0 Å². The molecule has 1 heterocycles. The van der Waals surface area contributed by atoms with Gasteiger partial charge < -0.3 is 4.90 Å². The quantitative estimate of drug-likeness (QED) is 0.774. The Labute approximate surface area is 153 Å². The van der Waals surface area contributed by atoms with Gasteiger partial charge in [0.15, 0.2) is 5.78 Å². The Morgan fingerprint density at radius 1 is 1.00 bits per heavy atom. The first-order valence-electron chi connectivity index (χ1n) is 8.86. The van der Waals surface area contributed by atoms with E-state index in [1.54, 1.807) is 0 Å². The topological polar surface area (TPSA) is 40.6 Å². The van der Waals surface area contributed by atoms with Crippen molar-refractivity contribution >= 4 is 11.7 Å². The predicted octanol–water partition coefficient (Wildman–Crippen LogP) is 3.30. The lowest BCUT2D eigenvalue weighted by Crippen LogP contribution is -2.49. The van der Waals surface area contributed by atoms with E-state index in [2.05, 4.69) is 24.1 Å². The molecule has 5 heteroatoms. The number of hydrogen-bond acceptors (Lipinski definition) is 3. The van der Waals surface area contributed by atoms with E-state index in [0.717, 1.165) is 6.54 Å². The molecule has 4 nitrogen and oxygen atoms in total. The maximum absolute atomic E-state index is 12.9. The summed E-state index contributed by atoms with van der Waals surface area (Å²) in [4.78, 5) is 28.8. The van der Waals surface area contributed by atoms with Gasteiger partial charge in [0.05, 0.1) is 6.04 Å². The van der Waals surface area contributed by atoms with E-state index >= 15 is 0 Å². The van der Waals surface area contributed by atoms with Crippen LogP contribution in [-0.4, -0.2) is 48.2 Å². The van der Waals surface area contributed by atoms with Crippen molar-refractivity contribution in [2.24, 2.45) is 0 Å². The number of halogens is 1. The van der Waals surface area contributed by atoms with Crippen molar-refractivity contribution in [3.05, 3.63) is 71.5 Å². The highest BCUT2D eigenvalue weighted by Gasteiger charge is 2.28. The molecule has 0 saturated carbocycles. The molecule has 0 spiro atoms. The van der Waals surface area contributed by atoms with Crippen molar-refractivity contribution in [3.8, 4) is 0 Å². The molecule has 136 valence electrons. The molecule has 0 aromatic heterocycles. The van der Waals surface area contributed by atoms with Crippen LogP contribution < -0.4 is 0 Å². The second kappa shape index (κ2) is 8.23. The number of Topliss-reactive ketones (excluding diaryl/α,β-unsaturated/α-hetero) is 1. The molecule has 1 fully saturated rings. The molecular weight excluding hydrogens is 331 g/mol. The molecule has 2 aromatic rings. The minimum Gasteiger partial charge on any atom is -0.339 e. The summed E-state index contributed by atoms with van der Waals surface area (Å²) >= 11 is 0. The molecular formula is C21H23FN2O2. The van der Waals surface area contributed by atoms with Crippen LogP contribution in [-0.2, 0) is 4.79 Å². The number of likely N-dealkylation sites (N-methyl/N-ethyl adjacent to an activating group) is 1. The number of ketones is 1. The van der Waals surface area contributed by atoms with Gasteiger partial charge in [-0.25, -0.2) is 4.39 Å². The molecule has 1 saturated heterocycles. The Balaban J connectivity index is 1.57. The zero-order valence-electron chi connectivity index (χ0n) is 14.9. The van der Waals surface area contributed by atoms with Crippen molar-refractivity contribution in [2.45, 2.75) is 18.9 Å². The third kappa shape index (κ3) is 4.35. The molecule has 1 unspecified atom stereocenters. The lowest BCUT2D eigenvalue weighted by atomic mass is 10.0. The summed E-state index contributed by atoms with van der Waals surface area (Å²) in [6, 6.07) is 15.8. The molecule has 0 aliphatic carbocycles. The summed E-state index contributed by atoms with van der Waals surface area (Å²) in [6.45, 7) is 2.10. The van der Waals surface area contributed by atoms with Crippen molar-refractivity contribution in [2.75, 3.05) is 26.7 Å². The summed E-state index contributed by atoms with van der Waals surface area (Å²) in [5, 5.41) is 0. The number of piperazine rings is 1. The van der Waals surface area contributed by atoms with Gasteiger partial charge in [0, 0.05) is 38.0 Å². The van der Waals surface area contributed by atoms with E-state index in [0.29, 0.717) is 18.7 Å². The largest absolute Gasteiger partial charge is 0.339 e. The van der Waals surface area contributed by atoms with Crippen LogP contribution in [0.3, 0.4) is 0 Å². The van der Waals surface area contributed by atoms with Crippen LogP contribution in [0.5, 0.6) is 0 Å². The Kier molecular flexibility index (Phi) is 5.78. The molecule has 3 rings (SSSR count). The minimum atomic E-state index is -0.373. The number of amides is 1. The number of hydrogen-bond donors (Lipinski definition) is 0. The maximum Gasteiger partial charge on any atom is 0.223 e. The van der Waals surface area contributed by atoms with Gasteiger partial charge in [0.25, 0.3) is 0 Å². The summed E-state index contributed by atoms with van der Waals surface area (Å²) in [5.74, 6) is -0.511. The van der Waals surface area contributed by atoms with Gasteiger partial charge in [-0.15, -0.1) is 0 Å². The highest BCUT2D eigenvalue weighted by Crippen LogP contribution is 2.24. The average molecular weight is 354 g/mol. The van der Waals surface area contributed by atoms with Gasteiger partial charge in [-0.05, 0) is 36.9 Å². The summed E-state index contributed by atoms with van der Waals surface area (Å²) in [7, 11) is 2.07. The number of carbonyl (C=O) groups excluding carboxylic acids is 2. The lowest BCUT2D eigenvalue weighted by molar-refractivity contribution is -0.134. The third-order valence-corrected chi connectivity index (χ3v) is 4.92. The van der Waals surface area contributed by atoms with Gasteiger partial charge in [0.2, 0.25) is 5.91 Å². The zero-order valence-corrected chi connectivity index (χ0v) is 14.9. The van der Waals surface area contributed by atoms with Crippen LogP contribution in [0.15, 0.2) is 54.6 Å². The van der Waals surface area contributed by atoms with Gasteiger partial charge in [-0.1, -0.05) is 30.3 Å². The third-order valence-electron chi connectivity index (χ3n) is 4.92. The first-order valence-corrected chi connectivity index (χ1v) is 8.86. The van der Waals surface area contributed by atoms with Crippen LogP contribution in [0.1, 0.15) is 34.8 Å². The van der Waals surface area contributed by atoms with Crippen LogP contribution in [0.25, 0.3) is 0 Å². The minimum absolute atomic E-state index is 0.00510. The summed E-state index contributed by atoms with van der Waals surface area (Å²) < 4.78 is 12.9. The fraction of sp³-hybridized carbons (Fsp3) is 0.333. The van der Waals surface area contributed by atoms with E-state index < -0.39 is 0 Å². The first-order chi connectivity index (χ1) is 12.5. The Morgan fingerprint density at radius 3 is 2.38 bits per heavy atom. The van der Waals surface area contributed by atoms with E-state index in [1.807, 2.05) is 23.1 Å². The second-order valence-electron chi connectivity index (χ2n) is 6.68. The van der Waals surface area contributed by atoms with E-state index in [-0.39, 0.29) is 36.4 Å². The van der Waals surface area contributed by atoms with Gasteiger partial charge >= 0.3 is 0 Å². The average Bonchev–Trinajstić information content (AvgIpc) is 2.67. The number of carbonyl (C=O) groups is 2. The molecule has 2 aromatic carbocycles. The maximum atomic E-state index is 12.9. The molecule has 1 aliphatic rings. The lowest BCUT2D eigenvalue weighted by Gasteiger charge is -2.39. The normalized spacial score (nSPS) is 17.9. The van der Waals surface area contributed by atoms with E-state index in [1.165, 1.54) is 29.8 Å². The van der Waals surface area contributed by atoms with E-state index in [9.17, 15) is 14.0 Å². The van der Waals surface area contributed by atoms with E-state index in [4.69, 9.17) is 0 Å². The smallest absolute Gasteiger partial charge is 0.223 e. The molecule has 0 radical (unpaired) electrons. The van der Waals surface area contributed by atoms with Crippen molar-refractivity contribution in [3.63, 3.8) is 0 Å². The Bertz CT molecular complexity index is 761. The van der Waals surface area contributed by atoms with Crippen molar-refractivity contribution in [1.29, 1.82) is 0 Å². The summed E-state index contributed by atoms with van der Waals surface area (Å²) in [6.07, 6.45) is 0.328. The van der Waals surface area contributed by atoms with Crippen LogP contribution >= 0.6 is 0 Å². The first kappa shape index (κ1) is 18.3.